The van der Waals surface area contributed by atoms with Gasteiger partial charge in [0, 0.05) is 32.1 Å². The molecule has 34 heavy (non-hydrogen) atoms. The molecule has 0 spiro atoms. The molecule has 11 heteroatoms. The fourth-order valence-electron chi connectivity index (χ4n) is 5.35. The van der Waals surface area contributed by atoms with Gasteiger partial charge in [-0.15, -0.1) is 0 Å². The summed E-state index contributed by atoms with van der Waals surface area (Å²) in [6, 6.07) is 0.200. The molecule has 3 fully saturated rings. The van der Waals surface area contributed by atoms with E-state index in [1.807, 2.05) is 4.90 Å². The number of rotatable bonds is 10. The summed E-state index contributed by atoms with van der Waals surface area (Å²) < 4.78 is 21.0. The number of Topliss-reactive ketones (excluding diaryl/α,β-unsaturated/α-hetero) is 1. The van der Waals surface area contributed by atoms with Gasteiger partial charge in [-0.25, -0.2) is 15.0 Å². The molecule has 1 aromatic heterocycles. The number of nitrogens with one attached hydrogen (secondary N) is 1. The van der Waals surface area contributed by atoms with Gasteiger partial charge in [-0.1, -0.05) is 25.7 Å². The number of carbonyl (C=O) groups excluding carboxylic acids is 2. The summed E-state index contributed by atoms with van der Waals surface area (Å²) in [7, 11) is 0. The van der Waals surface area contributed by atoms with Crippen molar-refractivity contribution in [3.63, 3.8) is 0 Å². The Kier molecular flexibility index (Phi) is 8.28. The van der Waals surface area contributed by atoms with Crippen LogP contribution in [0, 0.1) is 24.6 Å². The monoisotopic (exact) mass is 478 g/mol. The van der Waals surface area contributed by atoms with Crippen LogP contribution in [0.4, 0.5) is 16.0 Å². The Morgan fingerprint density at radius 2 is 2.12 bits per heavy atom. The Hall–Kier alpha value is -2.37. The van der Waals surface area contributed by atoms with E-state index in [0.717, 1.165) is 45.4 Å². The average Bonchev–Trinajstić information content (AvgIpc) is 3.36. The summed E-state index contributed by atoms with van der Waals surface area (Å²) in [5, 5.41) is 13.0. The van der Waals surface area contributed by atoms with Crippen molar-refractivity contribution in [3.8, 4) is 0 Å². The Balaban J connectivity index is 1.42. The van der Waals surface area contributed by atoms with Crippen LogP contribution in [0.5, 0.6) is 0 Å². The highest BCUT2D eigenvalue weighted by Crippen LogP contribution is 2.31. The van der Waals surface area contributed by atoms with E-state index in [-0.39, 0.29) is 36.6 Å². The van der Waals surface area contributed by atoms with Crippen LogP contribution in [0.1, 0.15) is 37.9 Å². The van der Waals surface area contributed by atoms with Gasteiger partial charge >= 0.3 is 0 Å². The number of fused-ring (bicyclic) bond motifs is 1. The van der Waals surface area contributed by atoms with Crippen molar-refractivity contribution in [2.24, 2.45) is 11.8 Å². The molecule has 4 rings (SSSR count). The van der Waals surface area contributed by atoms with E-state index in [2.05, 4.69) is 20.2 Å². The van der Waals surface area contributed by atoms with E-state index in [0.29, 0.717) is 49.3 Å². The maximum Gasteiger partial charge on any atom is 0.233 e. The van der Waals surface area contributed by atoms with E-state index in [4.69, 9.17) is 4.74 Å². The van der Waals surface area contributed by atoms with E-state index >= 15 is 4.39 Å². The normalized spacial score (nSPS) is 22.3. The van der Waals surface area contributed by atoms with Crippen LogP contribution >= 0.6 is 0 Å². The highest BCUT2D eigenvalue weighted by molar-refractivity contribution is 5.85. The van der Waals surface area contributed by atoms with Crippen molar-refractivity contribution in [2.75, 3.05) is 62.7 Å². The molecule has 10 nitrogen and oxygen atoms in total. The van der Waals surface area contributed by atoms with Gasteiger partial charge in [-0.2, -0.15) is 4.39 Å². The fourth-order valence-corrected chi connectivity index (χ4v) is 5.35. The molecule has 1 aromatic rings. The molecule has 3 aliphatic rings. The lowest BCUT2D eigenvalue weighted by atomic mass is 9.90. The number of morpholine rings is 1. The third-order valence-corrected chi connectivity index (χ3v) is 7.19. The standard InChI is InChI=1S/C23H35FN6O4/c1-16-26-22(21(24)23(27-16)29-7-6-28-8-9-34-14-19(28)13-29)25-11-20(32)18(12-30(33)15-31)10-17-4-2-3-5-17/h15,17-19,33H,2-14H2,1H3,(H,25,26,27)/t18-,19+/m1/s1. The minimum Gasteiger partial charge on any atom is -0.378 e. The molecule has 2 N–H and O–H groups in total. The van der Waals surface area contributed by atoms with Crippen LogP contribution in [0.25, 0.3) is 0 Å². The Morgan fingerprint density at radius 1 is 1.32 bits per heavy atom. The number of hydrogen-bond donors (Lipinski definition) is 2. The largest absolute Gasteiger partial charge is 0.378 e. The van der Waals surface area contributed by atoms with E-state index < -0.39 is 11.7 Å². The number of halogens is 1. The number of aryl methyl sites for hydroxylation is 1. The molecule has 2 saturated heterocycles. The number of nitrogens with zero attached hydrogens (tertiary/aromatic N) is 5. The topological polar surface area (TPSA) is 111 Å². The van der Waals surface area contributed by atoms with Gasteiger partial charge < -0.3 is 15.0 Å². The number of hydrogen-bond acceptors (Lipinski definition) is 9. The lowest BCUT2D eigenvalue weighted by molar-refractivity contribution is -0.154. The first-order chi connectivity index (χ1) is 16.4. The molecule has 0 unspecified atom stereocenters. The highest BCUT2D eigenvalue weighted by Gasteiger charge is 2.32. The van der Waals surface area contributed by atoms with Gasteiger partial charge in [0.15, 0.2) is 17.4 Å². The number of ketones is 1. The van der Waals surface area contributed by atoms with E-state index in [1.54, 1.807) is 6.92 Å². The number of ether oxygens (including phenoxy) is 1. The predicted octanol–water partition coefficient (Wildman–Crippen LogP) is 1.47. The summed E-state index contributed by atoms with van der Waals surface area (Å²) in [4.78, 5) is 36.7. The second kappa shape index (κ2) is 11.4. The minimum absolute atomic E-state index is 0.00553. The maximum absolute atomic E-state index is 15.4. The Morgan fingerprint density at radius 3 is 2.88 bits per heavy atom. The van der Waals surface area contributed by atoms with Crippen LogP contribution < -0.4 is 10.2 Å². The first-order valence-electron chi connectivity index (χ1n) is 12.2. The summed E-state index contributed by atoms with van der Waals surface area (Å²) in [6.07, 6.45) is 5.28. The van der Waals surface area contributed by atoms with Crippen LogP contribution in [-0.2, 0) is 14.3 Å². The first-order valence-corrected chi connectivity index (χ1v) is 12.2. The molecule has 3 heterocycles. The minimum atomic E-state index is -0.576. The summed E-state index contributed by atoms with van der Waals surface area (Å²) in [6.45, 7) is 5.82. The van der Waals surface area contributed by atoms with Crippen molar-refractivity contribution < 1.29 is 23.9 Å². The zero-order chi connectivity index (χ0) is 24.1. The smallest absolute Gasteiger partial charge is 0.233 e. The quantitative estimate of drug-likeness (QED) is 0.293. The summed E-state index contributed by atoms with van der Waals surface area (Å²) >= 11 is 0. The first kappa shape index (κ1) is 24.7. The highest BCUT2D eigenvalue weighted by atomic mass is 19.1. The lowest BCUT2D eigenvalue weighted by Gasteiger charge is -2.44. The van der Waals surface area contributed by atoms with Gasteiger partial charge in [-0.3, -0.25) is 19.7 Å². The molecular weight excluding hydrogens is 443 g/mol. The van der Waals surface area contributed by atoms with Crippen molar-refractivity contribution in [3.05, 3.63) is 11.6 Å². The molecule has 1 amide bonds. The Bertz CT molecular complexity index is 868. The van der Waals surface area contributed by atoms with Gasteiger partial charge in [0.25, 0.3) is 0 Å². The maximum atomic E-state index is 15.4. The Labute approximate surface area is 199 Å². The SMILES string of the molecule is Cc1nc(NCC(=O)[C@H](CC2CCCC2)CN(O)C=O)c(F)c(N2CCN3CCOC[C@@H]3C2)n1. The van der Waals surface area contributed by atoms with Crippen LogP contribution in [0.3, 0.4) is 0 Å². The second-order valence-electron chi connectivity index (χ2n) is 9.60. The van der Waals surface area contributed by atoms with Crippen molar-refractivity contribution in [2.45, 2.75) is 45.1 Å². The zero-order valence-electron chi connectivity index (χ0n) is 19.8. The number of carbonyl (C=O) groups is 2. The van der Waals surface area contributed by atoms with Crippen LogP contribution in [0.2, 0.25) is 0 Å². The molecule has 1 saturated carbocycles. The van der Waals surface area contributed by atoms with Crippen molar-refractivity contribution in [1.82, 2.24) is 19.9 Å². The molecule has 2 aliphatic heterocycles. The fraction of sp³-hybridized carbons (Fsp3) is 0.739. The van der Waals surface area contributed by atoms with Crippen LogP contribution in [0.15, 0.2) is 0 Å². The van der Waals surface area contributed by atoms with Gasteiger partial charge in [0.1, 0.15) is 5.82 Å². The number of anilines is 2. The number of amides is 1. The number of aromatic nitrogens is 2. The molecular formula is C23H35FN6O4. The summed E-state index contributed by atoms with van der Waals surface area (Å²) in [5.74, 6) is -0.229. The lowest BCUT2D eigenvalue weighted by Crippen LogP contribution is -2.58. The second-order valence-corrected chi connectivity index (χ2v) is 9.60. The molecule has 0 radical (unpaired) electrons. The predicted molar refractivity (Wildman–Crippen MR) is 123 cm³/mol. The molecule has 188 valence electrons. The van der Waals surface area contributed by atoms with Crippen LogP contribution in [-0.4, -0.2) is 95.9 Å². The number of hydroxylamine groups is 2. The molecule has 1 aliphatic carbocycles. The average molecular weight is 479 g/mol. The molecule has 0 aromatic carbocycles. The molecule has 0 bridgehead atoms. The van der Waals surface area contributed by atoms with Crippen molar-refractivity contribution >= 4 is 23.8 Å². The van der Waals surface area contributed by atoms with E-state index in [9.17, 15) is 14.8 Å². The third-order valence-electron chi connectivity index (χ3n) is 7.19. The van der Waals surface area contributed by atoms with Gasteiger partial charge in [0.2, 0.25) is 12.2 Å². The van der Waals surface area contributed by atoms with Gasteiger partial charge in [-0.05, 0) is 19.3 Å². The third kappa shape index (κ3) is 6.00. The number of piperazine rings is 1. The molecule has 2 atom stereocenters. The van der Waals surface area contributed by atoms with Gasteiger partial charge in [0.05, 0.1) is 32.3 Å². The zero-order valence-corrected chi connectivity index (χ0v) is 19.8. The summed E-state index contributed by atoms with van der Waals surface area (Å²) in [5.41, 5.74) is 0. The van der Waals surface area contributed by atoms with E-state index in [1.165, 1.54) is 0 Å². The van der Waals surface area contributed by atoms with Crippen molar-refractivity contribution in [1.29, 1.82) is 0 Å².